The Morgan fingerprint density at radius 1 is 0.269 bits per heavy atom. The molecule has 1 aliphatic carbocycles. The van der Waals surface area contributed by atoms with Crippen molar-refractivity contribution in [3.05, 3.63) is 340 Å². The molecule has 1 aliphatic rings. The zero-order chi connectivity index (χ0) is 106. The summed E-state index contributed by atoms with van der Waals surface area (Å²) in [7, 11) is 7.58. The average molecular weight is 2130 g/mol. The first-order valence-corrected chi connectivity index (χ1v) is 48.6. The van der Waals surface area contributed by atoms with E-state index in [1.807, 2.05) is 189 Å². The molecule has 772 valence electrons. The Morgan fingerprint density at radius 2 is 0.503 bits per heavy atom. The minimum atomic E-state index is -0.832. The van der Waals surface area contributed by atoms with E-state index >= 15 is 0 Å². The molecule has 1 fully saturated rings. The van der Waals surface area contributed by atoms with Gasteiger partial charge in [0, 0.05) is 63.7 Å². The SMILES string of the molecule is CCOc1cccc(OC(=O)OC)c1COc1cc(Cl)c(C)cc1C.CCc1cccc(OC(=O)OC)c1COc1cc(Cl)c(C)cc1C.COC(=O)Oc1cccc(C)c1COc1cc(Cl)c(C)cc1C.COC(=O)Oc1cccc(C2CC2)c1COc1cc(Cl)c(C)cc1C.COC(=O)Oc1cccc(CO)c1COc1cc(Cl)c(C)cc1C.COC(=O)Oc1cccc(CS)c1COc1cc(Cl)c(C)cc1C. The molecular weight excluding hydrogens is 2010 g/mol. The van der Waals surface area contributed by atoms with Gasteiger partial charge in [0.25, 0.3) is 0 Å². The highest BCUT2D eigenvalue weighted by molar-refractivity contribution is 7.79. The van der Waals surface area contributed by atoms with Gasteiger partial charge in [0.2, 0.25) is 0 Å². The Labute approximate surface area is 882 Å². The van der Waals surface area contributed by atoms with Crippen LogP contribution >= 0.6 is 82.2 Å². The van der Waals surface area contributed by atoms with E-state index < -0.39 is 36.9 Å². The maximum absolute atomic E-state index is 11.5. The molecule has 26 nitrogen and oxygen atoms in total. The van der Waals surface area contributed by atoms with Crippen LogP contribution in [0.3, 0.4) is 0 Å². The third kappa shape index (κ3) is 35.1. The Kier molecular flexibility index (Phi) is 47.0. The van der Waals surface area contributed by atoms with Gasteiger partial charge in [0.05, 0.1) is 61.4 Å². The van der Waals surface area contributed by atoms with Crippen molar-refractivity contribution in [1.82, 2.24) is 0 Å². The van der Waals surface area contributed by atoms with Crippen LogP contribution in [0.4, 0.5) is 28.8 Å². The number of aliphatic hydroxyl groups excluding tert-OH is 1. The predicted octanol–water partition coefficient (Wildman–Crippen LogP) is 30.2. The molecule has 0 saturated heterocycles. The average Bonchev–Trinajstić information content (AvgIpc) is 1.66. The van der Waals surface area contributed by atoms with Gasteiger partial charge in [-0.25, -0.2) is 28.8 Å². The third-order valence-corrected chi connectivity index (χ3v) is 25.3. The Balaban J connectivity index is 0.000000212. The Morgan fingerprint density at radius 3 is 0.793 bits per heavy atom. The van der Waals surface area contributed by atoms with Crippen LogP contribution in [0, 0.1) is 90.0 Å². The maximum atomic E-state index is 11.5. The fourth-order valence-electron chi connectivity index (χ4n) is 14.3. The van der Waals surface area contributed by atoms with Gasteiger partial charge in [0.1, 0.15) is 114 Å². The van der Waals surface area contributed by atoms with E-state index in [0.717, 1.165) is 136 Å². The number of hydrogen-bond acceptors (Lipinski definition) is 27. The molecule has 13 rings (SSSR count). The predicted molar refractivity (Wildman–Crippen MR) is 564 cm³/mol. The second-order valence-electron chi connectivity index (χ2n) is 32.9. The molecule has 0 amide bonds. The van der Waals surface area contributed by atoms with Crippen LogP contribution in [0.1, 0.15) is 161 Å². The summed E-state index contributed by atoms with van der Waals surface area (Å²) in [6.07, 6.45) is -1.57. The van der Waals surface area contributed by atoms with E-state index in [1.165, 1.54) is 42.7 Å². The first-order chi connectivity index (χ1) is 69.2. The molecule has 12 aromatic rings. The van der Waals surface area contributed by atoms with Crippen LogP contribution in [0.5, 0.6) is 74.7 Å². The van der Waals surface area contributed by atoms with Crippen molar-refractivity contribution in [1.29, 1.82) is 0 Å². The number of benzene rings is 12. The van der Waals surface area contributed by atoms with Gasteiger partial charge in [-0.2, -0.15) is 12.6 Å². The molecule has 1 N–H and O–H groups in total. The summed E-state index contributed by atoms with van der Waals surface area (Å²) in [6, 6.07) is 54.9. The van der Waals surface area contributed by atoms with Crippen LogP contribution in [0.2, 0.25) is 30.1 Å². The number of hydrogen-bond donors (Lipinski definition) is 2. The summed E-state index contributed by atoms with van der Waals surface area (Å²) in [5, 5.41) is 13.4. The van der Waals surface area contributed by atoms with Gasteiger partial charge in [-0.15, -0.1) is 0 Å². The number of halogens is 6. The molecule has 145 heavy (non-hydrogen) atoms. The largest absolute Gasteiger partial charge is 0.513 e. The molecule has 1 saturated carbocycles. The molecule has 0 unspecified atom stereocenters. The fourth-order valence-corrected chi connectivity index (χ4v) is 15.6. The molecular formula is C112H120Cl6O26S. The second kappa shape index (κ2) is 58.2. The molecule has 0 aliphatic heterocycles. The minimum Gasteiger partial charge on any atom is -0.493 e. The molecule has 0 atom stereocenters. The van der Waals surface area contributed by atoms with Crippen molar-refractivity contribution in [3.8, 4) is 74.7 Å². The molecule has 33 heteroatoms. The molecule has 12 aromatic carbocycles. The van der Waals surface area contributed by atoms with Gasteiger partial charge in [-0.05, 0) is 296 Å². The normalized spacial score (nSPS) is 10.9. The quantitative estimate of drug-likeness (QED) is 0.0183. The molecule has 0 radical (unpaired) electrons. The zero-order valence-corrected chi connectivity index (χ0v) is 90.2. The topological polar surface area (TPSA) is 298 Å². The number of carbonyl (C=O) groups excluding carboxylic acids is 6. The lowest BCUT2D eigenvalue weighted by atomic mass is 10.0. The van der Waals surface area contributed by atoms with E-state index in [1.54, 1.807) is 91.0 Å². The van der Waals surface area contributed by atoms with Crippen molar-refractivity contribution in [2.24, 2.45) is 0 Å². The fraction of sp³-hybridized carbons (Fsp3) is 0.304. The molecule has 0 heterocycles. The summed E-state index contributed by atoms with van der Waals surface area (Å²) >= 11 is 41.3. The van der Waals surface area contributed by atoms with E-state index in [9.17, 15) is 33.9 Å². The van der Waals surface area contributed by atoms with Gasteiger partial charge in [0.15, 0.2) is 0 Å². The maximum Gasteiger partial charge on any atom is 0.513 e. The van der Waals surface area contributed by atoms with Crippen LogP contribution in [0.15, 0.2) is 182 Å². The smallest absolute Gasteiger partial charge is 0.493 e. The van der Waals surface area contributed by atoms with Gasteiger partial charge in [-0.1, -0.05) is 180 Å². The Bertz CT molecular complexity index is 6200. The number of aryl methyl sites for hydroxylation is 14. The lowest BCUT2D eigenvalue weighted by Crippen LogP contribution is -2.11. The second-order valence-corrected chi connectivity index (χ2v) is 35.7. The third-order valence-electron chi connectivity index (χ3n) is 22.5. The Hall–Kier alpha value is -13.1. The van der Waals surface area contributed by atoms with Gasteiger partial charge >= 0.3 is 36.9 Å². The number of thiol groups is 1. The van der Waals surface area contributed by atoms with Crippen molar-refractivity contribution < 1.29 is 124 Å². The van der Waals surface area contributed by atoms with E-state index in [2.05, 4.69) is 47.1 Å². The summed E-state index contributed by atoms with van der Waals surface area (Å²) in [6.45, 7) is 30.8. The summed E-state index contributed by atoms with van der Waals surface area (Å²) < 4.78 is 99.7. The van der Waals surface area contributed by atoms with E-state index in [-0.39, 0.29) is 45.4 Å². The summed E-state index contributed by atoms with van der Waals surface area (Å²) in [5.41, 5.74) is 21.0. The monoisotopic (exact) mass is 2120 g/mol. The number of carbonyl (C=O) groups is 6. The molecule has 0 spiro atoms. The van der Waals surface area contributed by atoms with Crippen molar-refractivity contribution in [2.75, 3.05) is 49.3 Å². The van der Waals surface area contributed by atoms with Crippen LogP contribution in [-0.2, 0) is 86.8 Å². The number of aliphatic hydroxyl groups is 1. The highest BCUT2D eigenvalue weighted by Crippen LogP contribution is 2.45. The van der Waals surface area contributed by atoms with Crippen molar-refractivity contribution in [3.63, 3.8) is 0 Å². The molecule has 0 aromatic heterocycles. The first kappa shape index (κ1) is 117. The van der Waals surface area contributed by atoms with Crippen molar-refractivity contribution in [2.45, 2.75) is 181 Å². The molecule has 0 bridgehead atoms. The highest BCUT2D eigenvalue weighted by atomic mass is 35.5. The summed E-state index contributed by atoms with van der Waals surface area (Å²) in [4.78, 5) is 68.6. The lowest BCUT2D eigenvalue weighted by molar-refractivity contribution is 0.119. The number of rotatable bonds is 30. The number of ether oxygens (including phenoxy) is 19. The highest BCUT2D eigenvalue weighted by Gasteiger charge is 2.30. The van der Waals surface area contributed by atoms with Crippen LogP contribution in [0.25, 0.3) is 0 Å². The number of methoxy groups -OCH3 is 6. The lowest BCUT2D eigenvalue weighted by Gasteiger charge is -2.16. The van der Waals surface area contributed by atoms with Crippen molar-refractivity contribution >= 4 is 119 Å². The summed E-state index contributed by atoms with van der Waals surface area (Å²) in [5.74, 6) is 8.03. The standard InChI is InChI=1S/C20H21ClO4.C19H21ClO5.C19H21ClO4.C18H19ClO5.C18H19ClO4S.C18H19ClO4/c1-12-9-13(2)19(10-17(12)21)24-11-16-15(14-7-8-14)5-4-6-18(16)25-20(22)23-3;1-5-23-16-7-6-8-17(25-19(21)22-4)14(16)11-24-18-10-15(20)12(2)9-13(18)3;1-5-14-7-6-8-17(24-19(21)22-4)15(14)11-23-18-10-16(20)12(2)9-13(18)3;1-11-7-12(2)17(8-15(11)19)23-10-14-13(9-20)5-4-6-16(14)24-18(21)22-3;1-11-7-12(2)17(8-15(11)19)22-9-14-13(10-24)5-4-6-16(14)23-18(20)21-3;1-11-6-5-7-16(23-18(20)21-4)14(11)10-22-17-9-15(19)12(2)8-13(17)3/h4-6,9-10,14H,7-8,11H2,1-3H3;6-10H,5,11H2,1-4H3;6-10H,5,11H2,1-4H3;4-8,20H,9-10H2,1-3H3;4-8,24H,9-10H2,1-3H3;5-9H,10H2,1-4H3. The van der Waals surface area contributed by atoms with Gasteiger partial charge in [-0.3, -0.25) is 0 Å². The first-order valence-electron chi connectivity index (χ1n) is 45.7. The van der Waals surface area contributed by atoms with Crippen LogP contribution in [-0.4, -0.2) is 91.3 Å². The zero-order valence-electron chi connectivity index (χ0n) is 84.8. The van der Waals surface area contributed by atoms with E-state index in [0.29, 0.717) is 135 Å². The minimum absolute atomic E-state index is 0.114. The van der Waals surface area contributed by atoms with Gasteiger partial charge < -0.3 is 95.1 Å². The van der Waals surface area contributed by atoms with E-state index in [4.69, 9.17) is 131 Å². The van der Waals surface area contributed by atoms with Crippen LogP contribution < -0.4 is 61.6 Å².